The molecule has 2 aromatic rings. The Bertz CT molecular complexity index is 1020. The van der Waals surface area contributed by atoms with Gasteiger partial charge in [0.15, 0.2) is 21.6 Å². The Labute approximate surface area is 168 Å². The SMILES string of the molecule is Cc1ccccc1N1C(=NC(=O)COc2ccccc2)S[C@@H]2CS(=O)(=O)C[C@@H]21. The first-order valence-electron chi connectivity index (χ1n) is 8.94. The van der Waals surface area contributed by atoms with E-state index in [1.54, 1.807) is 12.1 Å². The molecule has 1 amide bonds. The number of carbonyl (C=O) groups excluding carboxylic acids is 1. The number of amides is 1. The highest BCUT2D eigenvalue weighted by Gasteiger charge is 2.49. The Morgan fingerprint density at radius 1 is 1.14 bits per heavy atom. The topological polar surface area (TPSA) is 76.0 Å². The van der Waals surface area contributed by atoms with Crippen molar-refractivity contribution >= 4 is 38.4 Å². The fourth-order valence-corrected chi connectivity index (χ4v) is 7.40. The molecule has 2 heterocycles. The van der Waals surface area contributed by atoms with Gasteiger partial charge in [-0.2, -0.15) is 4.99 Å². The van der Waals surface area contributed by atoms with Crippen molar-refractivity contribution in [3.63, 3.8) is 0 Å². The summed E-state index contributed by atoms with van der Waals surface area (Å²) in [5.74, 6) is 0.396. The highest BCUT2D eigenvalue weighted by Crippen LogP contribution is 2.41. The number of ether oxygens (including phenoxy) is 1. The highest BCUT2D eigenvalue weighted by atomic mass is 32.2. The maximum atomic E-state index is 12.4. The van der Waals surface area contributed by atoms with E-state index < -0.39 is 15.7 Å². The van der Waals surface area contributed by atoms with Crippen molar-refractivity contribution in [1.82, 2.24) is 0 Å². The monoisotopic (exact) mass is 416 g/mol. The van der Waals surface area contributed by atoms with Crippen molar-refractivity contribution in [3.05, 3.63) is 60.2 Å². The lowest BCUT2D eigenvalue weighted by atomic mass is 10.1. The summed E-state index contributed by atoms with van der Waals surface area (Å²) in [4.78, 5) is 18.6. The standard InChI is InChI=1S/C20H20N2O4S2/c1-14-7-5-6-10-16(14)22-17-12-28(24,25)13-18(17)27-20(22)21-19(23)11-26-15-8-3-2-4-9-15/h2-10,17-18H,11-13H2,1H3/t17-,18+/m0/s1. The van der Waals surface area contributed by atoms with Crippen LogP contribution >= 0.6 is 11.8 Å². The number of rotatable bonds is 4. The number of para-hydroxylation sites is 2. The number of nitrogens with zero attached hydrogens (tertiary/aromatic N) is 2. The summed E-state index contributed by atoms with van der Waals surface area (Å²) in [7, 11) is -3.08. The molecule has 2 fully saturated rings. The van der Waals surface area contributed by atoms with Crippen molar-refractivity contribution < 1.29 is 17.9 Å². The molecule has 0 spiro atoms. The molecule has 28 heavy (non-hydrogen) atoms. The fourth-order valence-electron chi connectivity index (χ4n) is 3.48. The van der Waals surface area contributed by atoms with Crippen LogP contribution in [0.15, 0.2) is 59.6 Å². The largest absolute Gasteiger partial charge is 0.484 e. The van der Waals surface area contributed by atoms with Crippen LogP contribution in [0.2, 0.25) is 0 Å². The van der Waals surface area contributed by atoms with Gasteiger partial charge in [0.1, 0.15) is 5.75 Å². The Hall–Kier alpha value is -2.32. The van der Waals surface area contributed by atoms with E-state index in [0.717, 1.165) is 11.3 Å². The molecule has 2 aliphatic heterocycles. The molecule has 0 unspecified atom stereocenters. The predicted octanol–water partition coefficient (Wildman–Crippen LogP) is 2.68. The van der Waals surface area contributed by atoms with Gasteiger partial charge in [-0.25, -0.2) is 8.42 Å². The molecule has 0 aliphatic carbocycles. The third-order valence-corrected chi connectivity index (χ3v) is 7.98. The second-order valence-corrected chi connectivity index (χ2v) is 10.2. The molecule has 2 saturated heterocycles. The van der Waals surface area contributed by atoms with Crippen LogP contribution in [0.25, 0.3) is 0 Å². The Balaban J connectivity index is 1.59. The Morgan fingerprint density at radius 2 is 1.86 bits per heavy atom. The molecule has 4 rings (SSSR count). The van der Waals surface area contributed by atoms with Crippen molar-refractivity contribution in [1.29, 1.82) is 0 Å². The number of anilines is 1. The summed E-state index contributed by atoms with van der Waals surface area (Å²) in [6.07, 6.45) is 0. The molecular weight excluding hydrogens is 396 g/mol. The van der Waals surface area contributed by atoms with E-state index >= 15 is 0 Å². The van der Waals surface area contributed by atoms with Crippen LogP contribution in [-0.4, -0.2) is 48.9 Å². The number of amidine groups is 1. The zero-order valence-corrected chi connectivity index (χ0v) is 16.9. The van der Waals surface area contributed by atoms with E-state index in [9.17, 15) is 13.2 Å². The minimum absolute atomic E-state index is 0.0761. The lowest BCUT2D eigenvalue weighted by molar-refractivity contribution is -0.119. The molecule has 2 aliphatic rings. The zero-order chi connectivity index (χ0) is 19.7. The first-order valence-corrected chi connectivity index (χ1v) is 11.6. The van der Waals surface area contributed by atoms with Crippen LogP contribution in [0.1, 0.15) is 5.56 Å². The van der Waals surface area contributed by atoms with Gasteiger partial charge in [0, 0.05) is 10.9 Å². The van der Waals surface area contributed by atoms with Gasteiger partial charge in [-0.05, 0) is 30.7 Å². The van der Waals surface area contributed by atoms with Gasteiger partial charge in [0.2, 0.25) is 0 Å². The minimum Gasteiger partial charge on any atom is -0.484 e. The second kappa shape index (κ2) is 7.60. The molecule has 2 atom stereocenters. The second-order valence-electron chi connectivity index (χ2n) is 6.85. The molecule has 0 radical (unpaired) electrons. The van der Waals surface area contributed by atoms with Crippen LogP contribution in [0, 0.1) is 6.92 Å². The first-order chi connectivity index (χ1) is 13.4. The van der Waals surface area contributed by atoms with E-state index in [1.807, 2.05) is 54.3 Å². The molecular formula is C20H20N2O4S2. The maximum Gasteiger partial charge on any atom is 0.285 e. The van der Waals surface area contributed by atoms with E-state index in [-0.39, 0.29) is 29.4 Å². The number of benzene rings is 2. The Kier molecular flexibility index (Phi) is 5.16. The van der Waals surface area contributed by atoms with Crippen LogP contribution in [0.5, 0.6) is 5.75 Å². The van der Waals surface area contributed by atoms with Crippen LogP contribution in [0.3, 0.4) is 0 Å². The molecule has 8 heteroatoms. The van der Waals surface area contributed by atoms with E-state index in [1.165, 1.54) is 11.8 Å². The molecule has 0 bridgehead atoms. The quantitative estimate of drug-likeness (QED) is 0.763. The zero-order valence-electron chi connectivity index (χ0n) is 15.3. The summed E-state index contributed by atoms with van der Waals surface area (Å²) in [5, 5.41) is 0.423. The average Bonchev–Trinajstić information content (AvgIpc) is 3.12. The highest BCUT2D eigenvalue weighted by molar-refractivity contribution is 8.16. The summed E-state index contributed by atoms with van der Waals surface area (Å²) < 4.78 is 29.7. The van der Waals surface area contributed by atoms with Crippen molar-refractivity contribution in [2.75, 3.05) is 23.0 Å². The number of sulfone groups is 1. The Morgan fingerprint density at radius 3 is 2.61 bits per heavy atom. The summed E-state index contributed by atoms with van der Waals surface area (Å²) in [6.45, 7) is 1.80. The maximum absolute atomic E-state index is 12.4. The lowest BCUT2D eigenvalue weighted by Gasteiger charge is -2.26. The summed E-state index contributed by atoms with van der Waals surface area (Å²) in [5.41, 5.74) is 1.89. The van der Waals surface area contributed by atoms with Gasteiger partial charge in [-0.3, -0.25) is 4.79 Å². The molecule has 2 aromatic carbocycles. The average molecular weight is 417 g/mol. The van der Waals surface area contributed by atoms with E-state index in [2.05, 4.69) is 4.99 Å². The lowest BCUT2D eigenvalue weighted by Crippen LogP contribution is -2.38. The number of hydrogen-bond acceptors (Lipinski definition) is 5. The molecule has 146 valence electrons. The van der Waals surface area contributed by atoms with Crippen LogP contribution in [-0.2, 0) is 14.6 Å². The number of hydrogen-bond donors (Lipinski definition) is 0. The van der Waals surface area contributed by atoms with Crippen LogP contribution in [0.4, 0.5) is 5.69 Å². The number of thioether (sulfide) groups is 1. The minimum atomic E-state index is -3.08. The first kappa shape index (κ1) is 19.0. The summed E-state index contributed by atoms with van der Waals surface area (Å²) >= 11 is 1.37. The van der Waals surface area contributed by atoms with Crippen LogP contribution < -0.4 is 9.64 Å². The van der Waals surface area contributed by atoms with Gasteiger partial charge < -0.3 is 9.64 Å². The summed E-state index contributed by atoms with van der Waals surface area (Å²) in [6, 6.07) is 16.6. The smallest absolute Gasteiger partial charge is 0.285 e. The van der Waals surface area contributed by atoms with Gasteiger partial charge in [0.25, 0.3) is 5.91 Å². The van der Waals surface area contributed by atoms with Crippen molar-refractivity contribution in [3.8, 4) is 5.75 Å². The fraction of sp³-hybridized carbons (Fsp3) is 0.300. The third kappa shape index (κ3) is 3.93. The van der Waals surface area contributed by atoms with Crippen molar-refractivity contribution in [2.24, 2.45) is 4.99 Å². The number of aliphatic imine (C=N–C) groups is 1. The predicted molar refractivity (Wildman–Crippen MR) is 112 cm³/mol. The van der Waals surface area contributed by atoms with Gasteiger partial charge >= 0.3 is 0 Å². The van der Waals surface area contributed by atoms with Crippen molar-refractivity contribution in [2.45, 2.75) is 18.2 Å². The normalized spacial score (nSPS) is 24.3. The molecule has 6 nitrogen and oxygen atoms in total. The van der Waals surface area contributed by atoms with E-state index in [4.69, 9.17) is 4.74 Å². The molecule has 0 aromatic heterocycles. The molecule has 0 saturated carbocycles. The van der Waals surface area contributed by atoms with Gasteiger partial charge in [0.05, 0.1) is 17.5 Å². The number of fused-ring (bicyclic) bond motifs is 1. The number of aryl methyl sites for hydroxylation is 1. The molecule has 0 N–H and O–H groups in total. The van der Waals surface area contributed by atoms with Gasteiger partial charge in [-0.15, -0.1) is 0 Å². The van der Waals surface area contributed by atoms with Gasteiger partial charge in [-0.1, -0.05) is 48.2 Å². The number of carbonyl (C=O) groups is 1. The third-order valence-electron chi connectivity index (χ3n) is 4.77. The van der Waals surface area contributed by atoms with E-state index in [0.29, 0.717) is 10.9 Å².